The Morgan fingerprint density at radius 2 is 1.13 bits per heavy atom. The van der Waals surface area contributed by atoms with Gasteiger partial charge in [0.15, 0.2) is 0 Å². The molecule has 0 aliphatic carbocycles. The molecule has 0 aliphatic heterocycles. The summed E-state index contributed by atoms with van der Waals surface area (Å²) in [5.74, 6) is -0.280. The monoisotopic (exact) mass is 587 g/mol. The van der Waals surface area contributed by atoms with Gasteiger partial charge in [-0.1, -0.05) is 122 Å². The van der Waals surface area contributed by atoms with Crippen molar-refractivity contribution in [1.82, 2.24) is 9.55 Å². The van der Waals surface area contributed by atoms with E-state index < -0.39 is 37.4 Å². The molecular formula is C43H30N2. The summed E-state index contributed by atoms with van der Waals surface area (Å²) in [7, 11) is 0. The highest BCUT2D eigenvalue weighted by Crippen LogP contribution is 2.44. The molecule has 1 aromatic heterocycles. The molecule has 9 rings (SSSR count). The molecule has 0 saturated heterocycles. The van der Waals surface area contributed by atoms with Gasteiger partial charge in [-0.2, -0.15) is 0 Å². The zero-order valence-electron chi connectivity index (χ0n) is 36.7. The van der Waals surface area contributed by atoms with Gasteiger partial charge >= 0.3 is 0 Å². The van der Waals surface area contributed by atoms with E-state index in [0.717, 1.165) is 10.8 Å². The molecule has 0 amide bonds. The minimum absolute atomic E-state index is 0.101. The van der Waals surface area contributed by atoms with Crippen LogP contribution in [0, 0.1) is 0 Å². The molecule has 2 heteroatoms. The van der Waals surface area contributed by atoms with E-state index in [1.165, 1.54) is 4.57 Å². The van der Waals surface area contributed by atoms with Gasteiger partial charge in [-0.15, -0.1) is 0 Å². The first-order valence-corrected chi connectivity index (χ1v) is 14.5. The van der Waals surface area contributed by atoms with Crippen LogP contribution in [0.2, 0.25) is 0 Å². The Bertz CT molecular complexity index is 3160. The zero-order valence-corrected chi connectivity index (χ0v) is 23.7. The van der Waals surface area contributed by atoms with Crippen LogP contribution >= 0.6 is 0 Å². The Kier molecular flexibility index (Phi) is 3.58. The third kappa shape index (κ3) is 4.07. The van der Waals surface area contributed by atoms with E-state index in [-0.39, 0.29) is 62.7 Å². The van der Waals surface area contributed by atoms with Gasteiger partial charge in [-0.3, -0.25) is 4.57 Å². The molecule has 0 radical (unpaired) electrons. The predicted octanol–water partition coefficient (Wildman–Crippen LogP) is 11.5. The van der Waals surface area contributed by atoms with E-state index in [4.69, 9.17) is 12.3 Å². The van der Waals surface area contributed by atoms with Crippen LogP contribution in [-0.2, 0) is 6.37 Å². The fourth-order valence-corrected chi connectivity index (χ4v) is 6.45. The molecule has 0 saturated carbocycles. The molecule has 2 nitrogen and oxygen atoms in total. The maximum atomic E-state index is 9.29. The maximum absolute atomic E-state index is 9.29. The summed E-state index contributed by atoms with van der Waals surface area (Å²) >= 11 is 0. The number of para-hydroxylation sites is 2. The molecule has 0 N–H and O–H groups in total. The van der Waals surface area contributed by atoms with Gasteiger partial charge in [-0.25, -0.2) is 4.98 Å². The Hall–Kier alpha value is -5.73. The molecule has 0 bridgehead atoms. The Labute approximate surface area is 280 Å². The fraction of sp³-hybridized carbons (Fsp3) is 0.0465. The van der Waals surface area contributed by atoms with E-state index in [1.54, 1.807) is 66.7 Å². The quantitative estimate of drug-likeness (QED) is 0.187. The highest BCUT2D eigenvalue weighted by atomic mass is 15.1. The van der Waals surface area contributed by atoms with Crippen LogP contribution in [0.3, 0.4) is 0 Å². The van der Waals surface area contributed by atoms with Crippen LogP contribution in [0.4, 0.5) is 0 Å². The number of aromatic nitrogens is 2. The number of aryl methyl sites for hydroxylation is 1. The van der Waals surface area contributed by atoms with E-state index in [2.05, 4.69) is 4.98 Å². The molecule has 9 aromatic rings. The van der Waals surface area contributed by atoms with Crippen LogP contribution < -0.4 is 0 Å². The molecule has 212 valence electrons. The minimum Gasteiger partial charge on any atom is -0.296 e. The van der Waals surface area contributed by atoms with Crippen molar-refractivity contribution in [2.75, 3.05) is 0 Å². The Morgan fingerprint density at radius 3 is 1.80 bits per heavy atom. The second-order valence-electron chi connectivity index (χ2n) is 10.9. The van der Waals surface area contributed by atoms with Crippen LogP contribution in [-0.4, -0.2) is 9.55 Å². The van der Waals surface area contributed by atoms with Crippen molar-refractivity contribution in [3.63, 3.8) is 0 Å². The number of benzene rings is 8. The Balaban J connectivity index is 1.36. The zero-order chi connectivity index (χ0) is 41.2. The minimum atomic E-state index is -3.02. The van der Waals surface area contributed by atoms with Gasteiger partial charge in [0.2, 0.25) is 0 Å². The van der Waals surface area contributed by atoms with Gasteiger partial charge in [0.1, 0.15) is 5.82 Å². The van der Waals surface area contributed by atoms with Gasteiger partial charge in [0.05, 0.1) is 22.0 Å². The van der Waals surface area contributed by atoms with Crippen molar-refractivity contribution in [3.05, 3.63) is 157 Å². The first kappa shape index (κ1) is 15.8. The highest BCUT2D eigenvalue weighted by Gasteiger charge is 2.17. The lowest BCUT2D eigenvalue weighted by atomic mass is 9.85. The van der Waals surface area contributed by atoms with Gasteiger partial charge in [0.25, 0.3) is 0 Å². The van der Waals surface area contributed by atoms with E-state index in [9.17, 15) is 5.48 Å². The molecule has 8 aromatic carbocycles. The lowest BCUT2D eigenvalue weighted by Gasteiger charge is -2.18. The molecule has 0 atom stereocenters. The third-order valence-electron chi connectivity index (χ3n) is 8.46. The van der Waals surface area contributed by atoms with Gasteiger partial charge in [-0.05, 0) is 102 Å². The predicted molar refractivity (Wildman–Crippen MR) is 191 cm³/mol. The third-order valence-corrected chi connectivity index (χ3v) is 8.46. The van der Waals surface area contributed by atoms with Crippen LogP contribution in [0.15, 0.2) is 151 Å². The summed E-state index contributed by atoms with van der Waals surface area (Å²) in [6, 6.07) is 27.2. The van der Waals surface area contributed by atoms with E-state index >= 15 is 0 Å². The number of fused-ring (bicyclic) bond motifs is 5. The van der Waals surface area contributed by atoms with Crippen LogP contribution in [0.25, 0.3) is 82.1 Å². The molecular weight excluding hydrogens is 544 g/mol. The molecule has 0 unspecified atom stereocenters. The molecule has 1 heterocycles. The second-order valence-corrected chi connectivity index (χ2v) is 10.9. The molecule has 0 fully saturated rings. The second kappa shape index (κ2) is 10.2. The van der Waals surface area contributed by atoms with Crippen molar-refractivity contribution < 1.29 is 17.8 Å². The molecule has 0 aliphatic rings. The van der Waals surface area contributed by atoms with E-state index in [1.807, 2.05) is 36.4 Å². The maximum Gasteiger partial charge on any atom is 0.114 e. The van der Waals surface area contributed by atoms with Gasteiger partial charge < -0.3 is 0 Å². The summed E-state index contributed by atoms with van der Waals surface area (Å²) in [6.07, 6.45) is -2.80. The first-order chi connectivity index (χ1) is 27.5. The largest absolute Gasteiger partial charge is 0.296 e. The number of rotatable bonds is 4. The summed E-state index contributed by atoms with van der Waals surface area (Å²) < 4.78 is 115. The van der Waals surface area contributed by atoms with E-state index in [0.29, 0.717) is 38.6 Å². The summed E-state index contributed by atoms with van der Waals surface area (Å²) in [5, 5.41) is 3.50. The standard InChI is InChI=1S/C43H30N2/c1-2-41-44-39-17-9-10-18-40(39)45(41)34-24-23-30-26-33(22-20-31(30)27-34)43-37-15-7-5-13-35(37)42(36-14-6-8-16-38(36)43)32-21-19-28-11-3-4-12-29(28)25-32/h3-27H,2H2,1H3/i1D3,2D2,5D,6D,7D,8D,13D,14D,15D,16D. The van der Waals surface area contributed by atoms with Crippen molar-refractivity contribution in [2.45, 2.75) is 13.2 Å². The molecule has 45 heavy (non-hydrogen) atoms. The number of imidazole rings is 1. The van der Waals surface area contributed by atoms with Crippen molar-refractivity contribution in [3.8, 4) is 27.9 Å². The highest BCUT2D eigenvalue weighted by molar-refractivity contribution is 6.22. The average molecular weight is 588 g/mol. The number of nitrogens with zero attached hydrogens (tertiary/aromatic N) is 2. The fourth-order valence-electron chi connectivity index (χ4n) is 6.45. The lowest BCUT2D eigenvalue weighted by Crippen LogP contribution is -2.00. The molecule has 0 spiro atoms. The van der Waals surface area contributed by atoms with Crippen molar-refractivity contribution in [1.29, 1.82) is 0 Å². The average Bonchev–Trinajstić information content (AvgIpc) is 3.62. The summed E-state index contributed by atoms with van der Waals surface area (Å²) in [6.45, 7) is -3.02. The van der Waals surface area contributed by atoms with Crippen molar-refractivity contribution >= 4 is 54.1 Å². The lowest BCUT2D eigenvalue weighted by molar-refractivity contribution is 0.909. The SMILES string of the molecule is [2H]c1c([2H])c([2H])c2c(-c3ccc4cc(-n5c(C([2H])([2H])C([2H])([2H])[2H])nc6ccccc65)ccc4c3)c3c([2H])c([2H])c([2H])c([2H])c3c(-c3ccc4ccccc4c3)c2c1[2H]. The topological polar surface area (TPSA) is 17.8 Å². The normalized spacial score (nSPS) is 16.5. The Morgan fingerprint density at radius 1 is 0.600 bits per heavy atom. The van der Waals surface area contributed by atoms with Crippen molar-refractivity contribution in [2.24, 2.45) is 0 Å². The summed E-state index contributed by atoms with van der Waals surface area (Å²) in [5.41, 5.74) is 2.82. The summed E-state index contributed by atoms with van der Waals surface area (Å²) in [4.78, 5) is 4.42. The first-order valence-electron chi connectivity index (χ1n) is 21.0. The smallest absolute Gasteiger partial charge is 0.114 e. The number of hydrogen-bond acceptors (Lipinski definition) is 1. The van der Waals surface area contributed by atoms with Crippen LogP contribution in [0.5, 0.6) is 0 Å². The van der Waals surface area contributed by atoms with Gasteiger partial charge in [0, 0.05) is 18.9 Å². The van der Waals surface area contributed by atoms with Crippen LogP contribution in [0.1, 0.15) is 30.5 Å². The number of hydrogen-bond donors (Lipinski definition) is 0.